The van der Waals surface area contributed by atoms with Gasteiger partial charge in [0.25, 0.3) is 0 Å². The fraction of sp³-hybridized carbons (Fsp3) is 0.368. The molecular weight excluding hydrogens is 371 g/mol. The van der Waals surface area contributed by atoms with Crippen LogP contribution in [0.2, 0.25) is 0 Å². The van der Waals surface area contributed by atoms with Crippen LogP contribution in [0.15, 0.2) is 47.4 Å². The molecule has 0 radical (unpaired) electrons. The molecule has 1 fully saturated rings. The lowest BCUT2D eigenvalue weighted by molar-refractivity contribution is -0.141. The van der Waals surface area contributed by atoms with Crippen molar-refractivity contribution in [3.63, 3.8) is 0 Å². The quantitative estimate of drug-likeness (QED) is 0.674. The van der Waals surface area contributed by atoms with Crippen LogP contribution in [0.3, 0.4) is 0 Å². The van der Waals surface area contributed by atoms with E-state index in [1.54, 1.807) is 6.20 Å². The van der Waals surface area contributed by atoms with Crippen LogP contribution < -0.4 is 0 Å². The number of rotatable bonds is 4. The molecule has 9 heteroatoms. The lowest BCUT2D eigenvalue weighted by Gasteiger charge is -2.30. The number of nitrogens with zero attached hydrogens (tertiary/aromatic N) is 5. The monoisotopic (exact) mass is 389 g/mol. The van der Waals surface area contributed by atoms with Crippen molar-refractivity contribution in [2.45, 2.75) is 31.5 Å². The minimum atomic E-state index is -4.47. The molecule has 6 nitrogen and oxygen atoms in total. The first-order chi connectivity index (χ1) is 13.5. The fourth-order valence-electron chi connectivity index (χ4n) is 3.30. The van der Waals surface area contributed by atoms with E-state index in [1.807, 2.05) is 12.3 Å². The van der Waals surface area contributed by atoms with Gasteiger partial charge in [-0.05, 0) is 49.7 Å². The summed E-state index contributed by atoms with van der Waals surface area (Å²) < 4.78 is 43.2. The molecule has 1 aliphatic rings. The number of piperidine rings is 1. The highest BCUT2D eigenvalue weighted by atomic mass is 19.4. The molecule has 28 heavy (non-hydrogen) atoms. The Labute approximate surface area is 159 Å². The second-order valence-electron chi connectivity index (χ2n) is 6.80. The molecule has 3 aromatic rings. The molecular formula is C19H18F3N5O. The summed E-state index contributed by atoms with van der Waals surface area (Å²) in [6, 6.07) is 6.21. The van der Waals surface area contributed by atoms with Crippen LogP contribution in [0.4, 0.5) is 13.2 Å². The van der Waals surface area contributed by atoms with E-state index >= 15 is 0 Å². The molecule has 146 valence electrons. The molecule has 0 atom stereocenters. The van der Waals surface area contributed by atoms with Gasteiger partial charge in [0.05, 0.1) is 0 Å². The van der Waals surface area contributed by atoms with Crippen LogP contribution in [0.1, 0.15) is 35.9 Å². The lowest BCUT2D eigenvalue weighted by Crippen LogP contribution is -2.32. The molecule has 0 bridgehead atoms. The van der Waals surface area contributed by atoms with E-state index in [1.165, 1.54) is 11.6 Å². The van der Waals surface area contributed by atoms with E-state index in [9.17, 15) is 13.2 Å². The molecule has 4 heterocycles. The van der Waals surface area contributed by atoms with Gasteiger partial charge in [-0.3, -0.25) is 14.9 Å². The van der Waals surface area contributed by atoms with Gasteiger partial charge >= 0.3 is 6.18 Å². The van der Waals surface area contributed by atoms with Crippen LogP contribution in [0.5, 0.6) is 0 Å². The molecule has 4 rings (SSSR count). The Bertz CT molecular complexity index is 903. The minimum Gasteiger partial charge on any atom is -0.339 e. The van der Waals surface area contributed by atoms with Crippen LogP contribution in [0, 0.1) is 0 Å². The SMILES string of the molecule is FC(F)(F)c1ccc(-c2noc(C3CCN(Cc4cccnc4)CC3)n2)cn1. The van der Waals surface area contributed by atoms with Crippen molar-refractivity contribution in [2.75, 3.05) is 13.1 Å². The zero-order valence-corrected chi connectivity index (χ0v) is 14.9. The van der Waals surface area contributed by atoms with E-state index in [0.29, 0.717) is 11.5 Å². The Morgan fingerprint density at radius 1 is 1.11 bits per heavy atom. The third kappa shape index (κ3) is 4.19. The van der Waals surface area contributed by atoms with Crippen molar-refractivity contribution in [1.29, 1.82) is 0 Å². The van der Waals surface area contributed by atoms with Gasteiger partial charge in [0.15, 0.2) is 0 Å². The highest BCUT2D eigenvalue weighted by molar-refractivity contribution is 5.52. The summed E-state index contributed by atoms with van der Waals surface area (Å²) in [7, 11) is 0. The highest BCUT2D eigenvalue weighted by Crippen LogP contribution is 2.30. The third-order valence-corrected chi connectivity index (χ3v) is 4.82. The molecule has 1 aliphatic heterocycles. The maximum atomic E-state index is 12.6. The summed E-state index contributed by atoms with van der Waals surface area (Å²) in [5, 5.41) is 3.91. The summed E-state index contributed by atoms with van der Waals surface area (Å²) >= 11 is 0. The number of hydrogen-bond donors (Lipinski definition) is 0. The average Bonchev–Trinajstić information content (AvgIpc) is 3.19. The van der Waals surface area contributed by atoms with Gasteiger partial charge in [0.1, 0.15) is 5.69 Å². The van der Waals surface area contributed by atoms with E-state index < -0.39 is 11.9 Å². The molecule has 0 spiro atoms. The van der Waals surface area contributed by atoms with Crippen molar-refractivity contribution in [1.82, 2.24) is 25.0 Å². The zero-order chi connectivity index (χ0) is 19.6. The first kappa shape index (κ1) is 18.5. The molecule has 1 saturated heterocycles. The van der Waals surface area contributed by atoms with Crippen molar-refractivity contribution in [3.8, 4) is 11.4 Å². The molecule has 0 N–H and O–H groups in total. The number of aromatic nitrogens is 4. The Morgan fingerprint density at radius 3 is 2.57 bits per heavy atom. The summed E-state index contributed by atoms with van der Waals surface area (Å²) in [6.45, 7) is 2.66. The Morgan fingerprint density at radius 2 is 1.93 bits per heavy atom. The first-order valence-electron chi connectivity index (χ1n) is 8.97. The van der Waals surface area contributed by atoms with Gasteiger partial charge in [-0.1, -0.05) is 11.2 Å². The Kier molecular flexibility index (Phi) is 5.08. The van der Waals surface area contributed by atoms with Gasteiger partial charge in [0.2, 0.25) is 11.7 Å². The minimum absolute atomic E-state index is 0.147. The number of halogens is 3. The van der Waals surface area contributed by atoms with Crippen LogP contribution >= 0.6 is 0 Å². The van der Waals surface area contributed by atoms with Crippen molar-refractivity contribution >= 4 is 0 Å². The smallest absolute Gasteiger partial charge is 0.339 e. The normalized spacial score (nSPS) is 16.4. The van der Waals surface area contributed by atoms with Gasteiger partial charge in [-0.15, -0.1) is 0 Å². The standard InChI is InChI=1S/C19H18F3N5O/c20-19(21,22)16-4-3-15(11-24-16)17-25-18(28-26-17)14-5-8-27(9-6-14)12-13-2-1-7-23-10-13/h1-4,7,10-11,14H,5-6,8-9,12H2. The average molecular weight is 389 g/mol. The van der Waals surface area contributed by atoms with E-state index in [2.05, 4.69) is 31.1 Å². The van der Waals surface area contributed by atoms with E-state index in [0.717, 1.165) is 44.7 Å². The van der Waals surface area contributed by atoms with Crippen molar-refractivity contribution in [2.24, 2.45) is 0 Å². The molecule has 0 unspecified atom stereocenters. The predicted molar refractivity (Wildman–Crippen MR) is 94.0 cm³/mol. The summed E-state index contributed by atoms with van der Waals surface area (Å²) in [4.78, 5) is 14.3. The van der Waals surface area contributed by atoms with Gasteiger partial charge in [-0.2, -0.15) is 18.2 Å². The summed E-state index contributed by atoms with van der Waals surface area (Å²) in [6.07, 6.45) is 2.04. The third-order valence-electron chi connectivity index (χ3n) is 4.82. The molecule has 3 aromatic heterocycles. The topological polar surface area (TPSA) is 67.9 Å². The molecule has 0 aromatic carbocycles. The summed E-state index contributed by atoms with van der Waals surface area (Å²) in [5.74, 6) is 0.929. The molecule has 0 saturated carbocycles. The van der Waals surface area contributed by atoms with Crippen molar-refractivity contribution < 1.29 is 17.7 Å². The first-order valence-corrected chi connectivity index (χ1v) is 8.97. The number of pyridine rings is 2. The second kappa shape index (κ2) is 7.67. The predicted octanol–water partition coefficient (Wildman–Crippen LogP) is 3.93. The fourth-order valence-corrected chi connectivity index (χ4v) is 3.30. The molecule has 0 aliphatic carbocycles. The highest BCUT2D eigenvalue weighted by Gasteiger charge is 2.32. The molecule has 0 amide bonds. The van der Waals surface area contributed by atoms with Gasteiger partial charge < -0.3 is 4.52 Å². The van der Waals surface area contributed by atoms with E-state index in [4.69, 9.17) is 4.52 Å². The van der Waals surface area contributed by atoms with Crippen LogP contribution in [-0.2, 0) is 12.7 Å². The lowest BCUT2D eigenvalue weighted by atomic mass is 9.96. The largest absolute Gasteiger partial charge is 0.433 e. The Hall–Kier alpha value is -2.81. The Balaban J connectivity index is 1.37. The number of hydrogen-bond acceptors (Lipinski definition) is 6. The maximum Gasteiger partial charge on any atom is 0.433 e. The second-order valence-corrected chi connectivity index (χ2v) is 6.80. The number of likely N-dealkylation sites (tertiary alicyclic amines) is 1. The maximum absolute atomic E-state index is 12.6. The van der Waals surface area contributed by atoms with Crippen LogP contribution in [0.25, 0.3) is 11.4 Å². The zero-order valence-electron chi connectivity index (χ0n) is 14.9. The van der Waals surface area contributed by atoms with Gasteiger partial charge in [0, 0.05) is 36.6 Å². The van der Waals surface area contributed by atoms with E-state index in [-0.39, 0.29) is 11.7 Å². The van der Waals surface area contributed by atoms with Gasteiger partial charge in [-0.25, -0.2) is 0 Å². The van der Waals surface area contributed by atoms with Crippen LogP contribution in [-0.4, -0.2) is 38.1 Å². The van der Waals surface area contributed by atoms with Crippen molar-refractivity contribution in [3.05, 3.63) is 60.0 Å². The number of alkyl halides is 3. The summed E-state index contributed by atoms with van der Waals surface area (Å²) in [5.41, 5.74) is 0.633.